The van der Waals surface area contributed by atoms with E-state index in [1.165, 1.54) is 6.08 Å². The summed E-state index contributed by atoms with van der Waals surface area (Å²) in [5.74, 6) is 1.11. The van der Waals surface area contributed by atoms with Crippen molar-refractivity contribution >= 4 is 17.8 Å². The molecule has 2 heterocycles. The van der Waals surface area contributed by atoms with Crippen LogP contribution in [0.25, 0.3) is 6.08 Å². The first-order valence-electron chi connectivity index (χ1n) is 8.76. The first-order valence-corrected chi connectivity index (χ1v) is 8.76. The second kappa shape index (κ2) is 8.73. The van der Waals surface area contributed by atoms with Crippen LogP contribution < -0.4 is 10.1 Å². The summed E-state index contributed by atoms with van der Waals surface area (Å²) in [5.41, 5.74) is 1.84. The minimum absolute atomic E-state index is 0.0276. The van der Waals surface area contributed by atoms with Gasteiger partial charge >= 0.3 is 0 Å². The summed E-state index contributed by atoms with van der Waals surface area (Å²) < 4.78 is 12.6. The molecule has 0 saturated heterocycles. The number of carbonyl (C=O) groups excluding carboxylic acids is 1. The molecule has 28 heavy (non-hydrogen) atoms. The van der Waals surface area contributed by atoms with E-state index in [4.69, 9.17) is 9.26 Å². The summed E-state index contributed by atoms with van der Waals surface area (Å²) in [4.78, 5) is 12.3. The molecule has 2 aromatic heterocycles. The quantitative estimate of drug-likeness (QED) is 0.501. The molecule has 3 aromatic rings. The third kappa shape index (κ3) is 4.89. The number of hydrogen-bond donors (Lipinski definition) is 1. The van der Waals surface area contributed by atoms with E-state index in [9.17, 15) is 10.1 Å². The smallest absolute Gasteiger partial charge is 0.267 e. The number of rotatable bonds is 7. The van der Waals surface area contributed by atoms with E-state index >= 15 is 0 Å². The van der Waals surface area contributed by atoms with Crippen LogP contribution in [0.5, 0.6) is 5.75 Å². The summed E-state index contributed by atoms with van der Waals surface area (Å²) in [6.07, 6.45) is 3.41. The zero-order valence-electron chi connectivity index (χ0n) is 15.7. The third-order valence-electron chi connectivity index (χ3n) is 3.98. The molecule has 0 atom stereocenters. The number of nitrogens with one attached hydrogen (secondary N) is 1. The Morgan fingerprint density at radius 2 is 2.18 bits per heavy atom. The molecule has 0 aliphatic heterocycles. The molecule has 1 N–H and O–H groups in total. The third-order valence-corrected chi connectivity index (χ3v) is 3.98. The molecule has 0 unspecified atom stereocenters. The van der Waals surface area contributed by atoms with Gasteiger partial charge in [0, 0.05) is 18.0 Å². The van der Waals surface area contributed by atoms with Crippen LogP contribution in [0.1, 0.15) is 17.0 Å². The number of carbonyl (C=O) groups is 1. The first-order chi connectivity index (χ1) is 13.5. The Morgan fingerprint density at radius 1 is 1.32 bits per heavy atom. The minimum atomic E-state index is -0.542. The van der Waals surface area contributed by atoms with Gasteiger partial charge in [0.2, 0.25) is 0 Å². The van der Waals surface area contributed by atoms with Crippen LogP contribution in [-0.2, 0) is 11.3 Å². The van der Waals surface area contributed by atoms with Gasteiger partial charge in [-0.05, 0) is 49.8 Å². The summed E-state index contributed by atoms with van der Waals surface area (Å²) in [5, 5.41) is 15.6. The van der Waals surface area contributed by atoms with Crippen molar-refractivity contribution in [1.82, 2.24) is 9.72 Å². The van der Waals surface area contributed by atoms with Crippen molar-refractivity contribution in [3.05, 3.63) is 71.3 Å². The Kier molecular flexibility index (Phi) is 5.92. The van der Waals surface area contributed by atoms with Gasteiger partial charge in [0.1, 0.15) is 29.8 Å². The molecule has 0 spiro atoms. The van der Waals surface area contributed by atoms with E-state index in [0.29, 0.717) is 18.9 Å². The molecule has 3 rings (SSSR count). The van der Waals surface area contributed by atoms with Gasteiger partial charge in [0.25, 0.3) is 5.91 Å². The lowest BCUT2D eigenvalue weighted by molar-refractivity contribution is -0.112. The molecule has 1 amide bonds. The van der Waals surface area contributed by atoms with Crippen molar-refractivity contribution in [2.75, 3.05) is 11.9 Å². The number of hydrogen-bond acceptors (Lipinski definition) is 5. The molecule has 7 heteroatoms. The Balaban J connectivity index is 1.65. The van der Waals surface area contributed by atoms with E-state index in [1.54, 1.807) is 13.0 Å². The fourth-order valence-corrected chi connectivity index (χ4v) is 2.63. The van der Waals surface area contributed by atoms with Gasteiger partial charge in [-0.3, -0.25) is 4.79 Å². The minimum Gasteiger partial charge on any atom is -0.492 e. The highest BCUT2D eigenvalue weighted by Gasteiger charge is 2.13. The van der Waals surface area contributed by atoms with Crippen molar-refractivity contribution in [3.63, 3.8) is 0 Å². The van der Waals surface area contributed by atoms with Crippen molar-refractivity contribution in [2.24, 2.45) is 0 Å². The molecule has 0 saturated carbocycles. The van der Waals surface area contributed by atoms with Gasteiger partial charge < -0.3 is 19.1 Å². The van der Waals surface area contributed by atoms with Crippen LogP contribution in [0.15, 0.2) is 58.8 Å². The summed E-state index contributed by atoms with van der Waals surface area (Å²) in [6, 6.07) is 15.0. The van der Waals surface area contributed by atoms with E-state index in [2.05, 4.69) is 10.5 Å². The van der Waals surface area contributed by atoms with Crippen LogP contribution in [-0.4, -0.2) is 22.2 Å². The Morgan fingerprint density at radius 3 is 2.89 bits per heavy atom. The number of anilines is 1. The number of nitriles is 1. The van der Waals surface area contributed by atoms with E-state index in [-0.39, 0.29) is 11.4 Å². The van der Waals surface area contributed by atoms with Gasteiger partial charge in [0.15, 0.2) is 5.82 Å². The summed E-state index contributed by atoms with van der Waals surface area (Å²) >= 11 is 0. The number of amides is 1. The molecule has 142 valence electrons. The van der Waals surface area contributed by atoms with Crippen LogP contribution in [0.3, 0.4) is 0 Å². The number of ether oxygens (including phenoxy) is 1. The number of benzene rings is 1. The maximum atomic E-state index is 12.3. The monoisotopic (exact) mass is 376 g/mol. The van der Waals surface area contributed by atoms with Gasteiger partial charge in [-0.25, -0.2) is 0 Å². The fraction of sp³-hybridized carbons (Fsp3) is 0.190. The Bertz CT molecular complexity index is 1040. The zero-order valence-corrected chi connectivity index (χ0v) is 15.7. The predicted molar refractivity (Wildman–Crippen MR) is 105 cm³/mol. The van der Waals surface area contributed by atoms with E-state index in [0.717, 1.165) is 17.0 Å². The van der Waals surface area contributed by atoms with E-state index < -0.39 is 5.91 Å². The van der Waals surface area contributed by atoms with Gasteiger partial charge in [0.05, 0.1) is 6.54 Å². The van der Waals surface area contributed by atoms with Crippen molar-refractivity contribution in [1.29, 1.82) is 5.26 Å². The predicted octanol–water partition coefficient (Wildman–Crippen LogP) is 3.72. The maximum absolute atomic E-state index is 12.3. The maximum Gasteiger partial charge on any atom is 0.267 e. The molecular formula is C21H20N4O3. The van der Waals surface area contributed by atoms with Crippen molar-refractivity contribution < 1.29 is 14.1 Å². The number of aryl methyl sites for hydroxylation is 2. The van der Waals surface area contributed by atoms with Gasteiger partial charge in [-0.1, -0.05) is 17.3 Å². The topological polar surface area (TPSA) is 93.1 Å². The Labute approximate surface area is 162 Å². The van der Waals surface area contributed by atoms with Gasteiger partial charge in [-0.15, -0.1) is 0 Å². The highest BCUT2D eigenvalue weighted by atomic mass is 16.5. The Hall–Kier alpha value is -3.79. The number of aromatic nitrogens is 2. The summed E-state index contributed by atoms with van der Waals surface area (Å²) in [7, 11) is 0. The molecule has 0 radical (unpaired) electrons. The SMILES string of the molecule is Cc1cccc(OCCn2cccc2/C=C(/C#N)C(=O)Nc2cc(C)on2)c1. The molecule has 0 bridgehead atoms. The van der Waals surface area contributed by atoms with Gasteiger partial charge in [-0.2, -0.15) is 5.26 Å². The molecular weight excluding hydrogens is 356 g/mol. The van der Waals surface area contributed by atoms with Crippen LogP contribution >= 0.6 is 0 Å². The molecule has 0 aliphatic carbocycles. The first kappa shape index (κ1) is 19.0. The molecule has 7 nitrogen and oxygen atoms in total. The molecule has 0 fully saturated rings. The fourth-order valence-electron chi connectivity index (χ4n) is 2.63. The van der Waals surface area contributed by atoms with Crippen molar-refractivity contribution in [2.45, 2.75) is 20.4 Å². The molecule has 0 aliphatic rings. The van der Waals surface area contributed by atoms with E-state index in [1.807, 2.05) is 60.2 Å². The lowest BCUT2D eigenvalue weighted by Gasteiger charge is -2.10. The average Bonchev–Trinajstić information content (AvgIpc) is 3.28. The van der Waals surface area contributed by atoms with Crippen LogP contribution in [0.4, 0.5) is 5.82 Å². The summed E-state index contributed by atoms with van der Waals surface area (Å²) in [6.45, 7) is 4.77. The van der Waals surface area contributed by atoms with Crippen molar-refractivity contribution in [3.8, 4) is 11.8 Å². The normalized spacial score (nSPS) is 11.1. The highest BCUT2D eigenvalue weighted by molar-refractivity contribution is 6.09. The second-order valence-electron chi connectivity index (χ2n) is 6.24. The lowest BCUT2D eigenvalue weighted by atomic mass is 10.2. The zero-order chi connectivity index (χ0) is 19.9. The van der Waals surface area contributed by atoms with Crippen LogP contribution in [0.2, 0.25) is 0 Å². The number of nitrogens with zero attached hydrogens (tertiary/aromatic N) is 3. The van der Waals surface area contributed by atoms with Crippen LogP contribution in [0, 0.1) is 25.2 Å². The lowest BCUT2D eigenvalue weighted by Crippen LogP contribution is -2.14. The average molecular weight is 376 g/mol. The highest BCUT2D eigenvalue weighted by Crippen LogP contribution is 2.14. The second-order valence-corrected chi connectivity index (χ2v) is 6.24. The molecule has 1 aromatic carbocycles. The standard InChI is InChI=1S/C21H20N4O3/c1-15-5-3-7-19(11-15)27-10-9-25-8-4-6-18(25)13-17(14-22)21(26)23-20-12-16(2)28-24-20/h3-8,11-13H,9-10H2,1-2H3,(H,23,24,26)/b17-13-. The largest absolute Gasteiger partial charge is 0.492 e.